The van der Waals surface area contributed by atoms with Gasteiger partial charge in [0.05, 0.1) is 6.61 Å². The molecule has 0 bridgehead atoms. The van der Waals surface area contributed by atoms with Crippen LogP contribution in [0.25, 0.3) is 10.9 Å². The highest BCUT2D eigenvalue weighted by atomic mass is 16.6. The molecule has 2 N–H and O–H groups in total. The lowest BCUT2D eigenvalue weighted by Gasteiger charge is -2.17. The number of para-hydroxylation sites is 1. The van der Waals surface area contributed by atoms with Gasteiger partial charge in [0.1, 0.15) is 12.6 Å². The van der Waals surface area contributed by atoms with Crippen LogP contribution in [0.15, 0.2) is 91.1 Å². The van der Waals surface area contributed by atoms with Gasteiger partial charge in [0.15, 0.2) is 0 Å². The lowest BCUT2D eigenvalue weighted by molar-refractivity contribution is -0.145. The standard InChI is InChI=1S/C27H26N2O4/c30-26(32-16-15-20-9-3-1-4-10-20)25(17-22-18-28-24-14-8-7-13-23(22)24)29-27(31)33-19-21-11-5-2-6-12-21/h1-14,18,25,28H,15-17,19H2,(H,29,31)/t25-/m0/s1. The summed E-state index contributed by atoms with van der Waals surface area (Å²) in [6, 6.07) is 26.1. The number of benzene rings is 3. The van der Waals surface area contributed by atoms with Crippen molar-refractivity contribution in [2.24, 2.45) is 0 Å². The fourth-order valence-corrected chi connectivity index (χ4v) is 3.64. The van der Waals surface area contributed by atoms with E-state index in [1.165, 1.54) is 0 Å². The van der Waals surface area contributed by atoms with Crippen LogP contribution >= 0.6 is 0 Å². The molecule has 0 radical (unpaired) electrons. The first-order valence-electron chi connectivity index (χ1n) is 10.9. The molecule has 1 heterocycles. The third-order valence-corrected chi connectivity index (χ3v) is 5.37. The molecular formula is C27H26N2O4. The zero-order valence-electron chi connectivity index (χ0n) is 18.2. The van der Waals surface area contributed by atoms with Gasteiger partial charge >= 0.3 is 12.1 Å². The molecule has 4 rings (SSSR count). The van der Waals surface area contributed by atoms with Crippen molar-refractivity contribution in [1.29, 1.82) is 0 Å². The van der Waals surface area contributed by atoms with Gasteiger partial charge < -0.3 is 19.8 Å². The Morgan fingerprint density at radius 3 is 2.24 bits per heavy atom. The third-order valence-electron chi connectivity index (χ3n) is 5.37. The molecule has 0 aliphatic rings. The summed E-state index contributed by atoms with van der Waals surface area (Å²) in [5.74, 6) is -0.493. The number of carbonyl (C=O) groups is 2. The fraction of sp³-hybridized carbons (Fsp3) is 0.185. The minimum Gasteiger partial charge on any atom is -0.464 e. The van der Waals surface area contributed by atoms with Crippen molar-refractivity contribution in [3.8, 4) is 0 Å². The van der Waals surface area contributed by atoms with Crippen molar-refractivity contribution in [3.63, 3.8) is 0 Å². The van der Waals surface area contributed by atoms with E-state index in [2.05, 4.69) is 10.3 Å². The summed E-state index contributed by atoms with van der Waals surface area (Å²) in [7, 11) is 0. The van der Waals surface area contributed by atoms with E-state index < -0.39 is 18.1 Å². The Hall–Kier alpha value is -4.06. The molecule has 4 aromatic rings. The van der Waals surface area contributed by atoms with E-state index >= 15 is 0 Å². The lowest BCUT2D eigenvalue weighted by atomic mass is 10.1. The highest BCUT2D eigenvalue weighted by molar-refractivity contribution is 5.86. The van der Waals surface area contributed by atoms with Gasteiger partial charge in [-0.3, -0.25) is 0 Å². The second kappa shape index (κ2) is 11.0. The molecule has 33 heavy (non-hydrogen) atoms. The van der Waals surface area contributed by atoms with Crippen molar-refractivity contribution >= 4 is 23.0 Å². The van der Waals surface area contributed by atoms with Crippen LogP contribution in [0.5, 0.6) is 0 Å². The highest BCUT2D eigenvalue weighted by Gasteiger charge is 2.25. The zero-order chi connectivity index (χ0) is 22.9. The molecule has 168 valence electrons. The number of esters is 1. The SMILES string of the molecule is O=C(N[C@@H](Cc1c[nH]c2ccccc12)C(=O)OCCc1ccccc1)OCc1ccccc1. The van der Waals surface area contributed by atoms with E-state index in [9.17, 15) is 9.59 Å². The third kappa shape index (κ3) is 6.23. The summed E-state index contributed by atoms with van der Waals surface area (Å²) in [6.45, 7) is 0.351. The molecule has 3 aromatic carbocycles. The van der Waals surface area contributed by atoms with Crippen molar-refractivity contribution in [1.82, 2.24) is 10.3 Å². The molecular weight excluding hydrogens is 416 g/mol. The van der Waals surface area contributed by atoms with Gasteiger partial charge in [-0.1, -0.05) is 78.9 Å². The summed E-state index contributed by atoms with van der Waals surface area (Å²) >= 11 is 0. The van der Waals surface area contributed by atoms with E-state index in [4.69, 9.17) is 9.47 Å². The van der Waals surface area contributed by atoms with Crippen LogP contribution in [-0.2, 0) is 33.7 Å². The summed E-state index contributed by atoms with van der Waals surface area (Å²) in [4.78, 5) is 28.6. The molecule has 1 aromatic heterocycles. The Morgan fingerprint density at radius 2 is 1.48 bits per heavy atom. The summed E-state index contributed by atoms with van der Waals surface area (Å²) in [6.07, 6.45) is 2.08. The number of aromatic amines is 1. The van der Waals surface area contributed by atoms with Crippen LogP contribution in [-0.4, -0.2) is 29.7 Å². The molecule has 0 spiro atoms. The first-order chi connectivity index (χ1) is 16.2. The minimum atomic E-state index is -0.872. The highest BCUT2D eigenvalue weighted by Crippen LogP contribution is 2.19. The lowest BCUT2D eigenvalue weighted by Crippen LogP contribution is -2.43. The van der Waals surface area contributed by atoms with Crippen molar-refractivity contribution in [2.45, 2.75) is 25.5 Å². The predicted octanol–water partition coefficient (Wildman–Crippen LogP) is 4.79. The number of hydrogen-bond donors (Lipinski definition) is 2. The van der Waals surface area contributed by atoms with E-state index in [-0.39, 0.29) is 19.6 Å². The first-order valence-corrected chi connectivity index (χ1v) is 10.9. The van der Waals surface area contributed by atoms with Crippen LogP contribution in [0.1, 0.15) is 16.7 Å². The van der Waals surface area contributed by atoms with Gasteiger partial charge in [-0.2, -0.15) is 0 Å². The van der Waals surface area contributed by atoms with Crippen LogP contribution in [0.3, 0.4) is 0 Å². The van der Waals surface area contributed by atoms with E-state index in [0.717, 1.165) is 27.6 Å². The maximum absolute atomic E-state index is 12.9. The van der Waals surface area contributed by atoms with Crippen LogP contribution in [0, 0.1) is 0 Å². The van der Waals surface area contributed by atoms with Gasteiger partial charge in [-0.25, -0.2) is 9.59 Å². The molecule has 0 aliphatic carbocycles. The number of fused-ring (bicyclic) bond motifs is 1. The number of H-pyrrole nitrogens is 1. The monoisotopic (exact) mass is 442 g/mol. The quantitative estimate of drug-likeness (QED) is 0.365. The van der Waals surface area contributed by atoms with Gasteiger partial charge in [0.2, 0.25) is 0 Å². The summed E-state index contributed by atoms with van der Waals surface area (Å²) in [5.41, 5.74) is 3.83. The van der Waals surface area contributed by atoms with E-state index in [1.807, 2.05) is 91.1 Å². The largest absolute Gasteiger partial charge is 0.464 e. The number of rotatable bonds is 9. The number of alkyl carbamates (subject to hydrolysis) is 1. The van der Waals surface area contributed by atoms with Crippen molar-refractivity contribution < 1.29 is 19.1 Å². The molecule has 0 aliphatic heterocycles. The van der Waals surface area contributed by atoms with E-state index in [0.29, 0.717) is 6.42 Å². The van der Waals surface area contributed by atoms with Gasteiger partial charge in [-0.15, -0.1) is 0 Å². The maximum atomic E-state index is 12.9. The Labute approximate surface area is 192 Å². The molecule has 6 heteroatoms. The molecule has 1 amide bonds. The van der Waals surface area contributed by atoms with Gasteiger partial charge in [-0.05, 0) is 22.8 Å². The Balaban J connectivity index is 1.41. The average Bonchev–Trinajstić information content (AvgIpc) is 3.26. The number of ether oxygens (including phenoxy) is 2. The number of aromatic nitrogens is 1. The topological polar surface area (TPSA) is 80.4 Å². The van der Waals surface area contributed by atoms with Gasteiger partial charge in [0, 0.05) is 29.9 Å². The fourth-order valence-electron chi connectivity index (χ4n) is 3.64. The summed E-state index contributed by atoms with van der Waals surface area (Å²) < 4.78 is 10.8. The van der Waals surface area contributed by atoms with Crippen molar-refractivity contribution in [3.05, 3.63) is 108 Å². The van der Waals surface area contributed by atoms with E-state index in [1.54, 1.807) is 0 Å². The minimum absolute atomic E-state index is 0.121. The predicted molar refractivity (Wildman–Crippen MR) is 127 cm³/mol. The van der Waals surface area contributed by atoms with Crippen LogP contribution < -0.4 is 5.32 Å². The first kappa shape index (κ1) is 22.1. The smallest absolute Gasteiger partial charge is 0.408 e. The average molecular weight is 443 g/mol. The van der Waals surface area contributed by atoms with Crippen LogP contribution in [0.4, 0.5) is 4.79 Å². The zero-order valence-corrected chi connectivity index (χ0v) is 18.2. The number of hydrogen-bond acceptors (Lipinski definition) is 4. The second-order valence-electron chi connectivity index (χ2n) is 7.73. The molecule has 0 saturated carbocycles. The maximum Gasteiger partial charge on any atom is 0.408 e. The summed E-state index contributed by atoms with van der Waals surface area (Å²) in [5, 5.41) is 3.69. The normalized spacial score (nSPS) is 11.6. The number of nitrogens with one attached hydrogen (secondary N) is 2. The number of amides is 1. The van der Waals surface area contributed by atoms with Gasteiger partial charge in [0.25, 0.3) is 0 Å². The molecule has 0 unspecified atom stereocenters. The Kier molecular flexibility index (Phi) is 7.38. The Morgan fingerprint density at radius 1 is 0.818 bits per heavy atom. The second-order valence-corrected chi connectivity index (χ2v) is 7.73. The molecule has 0 saturated heterocycles. The van der Waals surface area contributed by atoms with Crippen LogP contribution in [0.2, 0.25) is 0 Å². The Bertz CT molecular complexity index is 1190. The molecule has 1 atom stereocenters. The molecule has 6 nitrogen and oxygen atoms in total. The van der Waals surface area contributed by atoms with Crippen molar-refractivity contribution in [2.75, 3.05) is 6.61 Å². The number of carbonyl (C=O) groups excluding carboxylic acids is 2. The molecule has 0 fully saturated rings.